The molecule has 0 radical (unpaired) electrons. The third-order valence-corrected chi connectivity index (χ3v) is 6.38. The molecule has 0 aliphatic rings. The van der Waals surface area contributed by atoms with Crippen LogP contribution in [-0.4, -0.2) is 82.0 Å². The van der Waals surface area contributed by atoms with Gasteiger partial charge < -0.3 is 20.9 Å². The number of amides is 1. The number of nitrogens with zero attached hydrogens (tertiary/aromatic N) is 7. The van der Waals surface area contributed by atoms with Crippen molar-refractivity contribution in [2.45, 2.75) is 51.7 Å². The fraction of sp³-hybridized carbons (Fsp3) is 0.370. The van der Waals surface area contributed by atoms with Gasteiger partial charge in [0.1, 0.15) is 12.2 Å². The van der Waals surface area contributed by atoms with Crippen molar-refractivity contribution >= 4 is 23.5 Å². The number of esters is 1. The molecule has 240 valence electrons. The van der Waals surface area contributed by atoms with Crippen LogP contribution >= 0.6 is 11.6 Å². The lowest BCUT2D eigenvalue weighted by molar-refractivity contribution is -0.207. The van der Waals surface area contributed by atoms with Gasteiger partial charge in [0.25, 0.3) is 5.91 Å². The number of nitrogens with two attached hydrogens (primary N) is 1. The van der Waals surface area contributed by atoms with Gasteiger partial charge in [0.2, 0.25) is 5.82 Å². The Morgan fingerprint density at radius 2 is 1.84 bits per heavy atom. The van der Waals surface area contributed by atoms with E-state index in [2.05, 4.69) is 25.5 Å². The van der Waals surface area contributed by atoms with E-state index in [4.69, 9.17) is 22.1 Å². The fourth-order valence-corrected chi connectivity index (χ4v) is 4.12. The van der Waals surface area contributed by atoms with Crippen LogP contribution in [0.5, 0.6) is 0 Å². The molecule has 4 N–H and O–H groups in total. The second-order valence-electron chi connectivity index (χ2n) is 10.5. The highest BCUT2D eigenvalue weighted by Crippen LogP contribution is 2.24. The number of ether oxygens (including phenoxy) is 1. The number of carbonyl (C=O) groups is 2. The van der Waals surface area contributed by atoms with E-state index < -0.39 is 48.5 Å². The number of benzene rings is 1. The molecule has 0 aliphatic carbocycles. The SMILES string of the molecule is CCOC(=O)c1ccncc1-n1nc(Cn2nc(-c3ccc(Cl)cc3)n(CC(O)C(F)(F)F)c2=O)nc1C(=O)NCC(C)(C)N. The first kappa shape index (κ1) is 33.3. The maximum absolute atomic E-state index is 13.4. The standard InChI is InChI=1S/C27H29ClF3N9O5/c1-4-45-24(43)17-9-10-33-11-18(17)40-22(23(42)34-14-26(2,3)32)35-20(36-40)13-39-25(44)38(12-19(41)27(29,30)31)21(37-39)15-5-7-16(28)8-6-15/h5-11,19,41H,4,12-14,32H2,1-3H3,(H,34,42). The van der Waals surface area contributed by atoms with E-state index in [1.807, 2.05) is 0 Å². The molecule has 1 amide bonds. The summed E-state index contributed by atoms with van der Waals surface area (Å²) in [6.07, 6.45) is -5.29. The molecule has 14 nitrogen and oxygen atoms in total. The summed E-state index contributed by atoms with van der Waals surface area (Å²) in [5.74, 6) is -2.15. The van der Waals surface area contributed by atoms with Crippen molar-refractivity contribution in [3.63, 3.8) is 0 Å². The molecular formula is C27H29ClF3N9O5. The second-order valence-corrected chi connectivity index (χ2v) is 10.9. The van der Waals surface area contributed by atoms with Crippen molar-refractivity contribution in [3.8, 4) is 17.1 Å². The topological polar surface area (TPSA) is 185 Å². The summed E-state index contributed by atoms with van der Waals surface area (Å²) in [4.78, 5) is 47.6. The number of pyridine rings is 1. The molecule has 45 heavy (non-hydrogen) atoms. The summed E-state index contributed by atoms with van der Waals surface area (Å²) in [7, 11) is 0. The Bertz CT molecular complexity index is 1740. The van der Waals surface area contributed by atoms with Gasteiger partial charge in [0.05, 0.1) is 24.9 Å². The molecule has 1 unspecified atom stereocenters. The molecule has 0 saturated carbocycles. The average molecular weight is 652 g/mol. The average Bonchev–Trinajstić information content (AvgIpc) is 3.52. The Morgan fingerprint density at radius 3 is 2.47 bits per heavy atom. The number of halogens is 4. The Morgan fingerprint density at radius 1 is 1.16 bits per heavy atom. The van der Waals surface area contributed by atoms with Crippen molar-refractivity contribution in [3.05, 3.63) is 75.4 Å². The molecule has 3 heterocycles. The number of hydrogen-bond acceptors (Lipinski definition) is 10. The van der Waals surface area contributed by atoms with E-state index in [9.17, 15) is 32.7 Å². The zero-order valence-corrected chi connectivity index (χ0v) is 25.0. The maximum Gasteiger partial charge on any atom is 0.416 e. The number of aromatic nitrogens is 7. The molecule has 3 aromatic heterocycles. The Balaban J connectivity index is 1.82. The molecule has 1 atom stereocenters. The van der Waals surface area contributed by atoms with Gasteiger partial charge in [0, 0.05) is 28.9 Å². The summed E-state index contributed by atoms with van der Waals surface area (Å²) >= 11 is 5.94. The van der Waals surface area contributed by atoms with Crippen molar-refractivity contribution in [2.75, 3.05) is 13.2 Å². The molecule has 4 rings (SSSR count). The van der Waals surface area contributed by atoms with Crippen molar-refractivity contribution in [1.82, 2.24) is 39.4 Å². The zero-order valence-electron chi connectivity index (χ0n) is 24.2. The summed E-state index contributed by atoms with van der Waals surface area (Å²) in [6, 6.07) is 7.15. The molecule has 0 fully saturated rings. The van der Waals surface area contributed by atoms with Crippen molar-refractivity contribution in [1.29, 1.82) is 0 Å². The van der Waals surface area contributed by atoms with Crippen molar-refractivity contribution in [2.24, 2.45) is 5.73 Å². The number of alkyl halides is 3. The van der Waals surface area contributed by atoms with Crippen LogP contribution in [-0.2, 0) is 17.8 Å². The number of rotatable bonds is 11. The largest absolute Gasteiger partial charge is 0.462 e. The quantitative estimate of drug-likeness (QED) is 0.203. The number of hydrogen-bond donors (Lipinski definition) is 3. The lowest BCUT2D eigenvalue weighted by Crippen LogP contribution is -2.45. The summed E-state index contributed by atoms with van der Waals surface area (Å²) < 4.78 is 47.3. The minimum Gasteiger partial charge on any atom is -0.462 e. The van der Waals surface area contributed by atoms with Crippen LogP contribution in [0.15, 0.2) is 47.5 Å². The summed E-state index contributed by atoms with van der Waals surface area (Å²) in [6.45, 7) is 3.40. The molecule has 4 aromatic rings. The molecule has 0 spiro atoms. The number of aliphatic hydroxyl groups is 1. The molecule has 0 bridgehead atoms. The maximum atomic E-state index is 13.4. The van der Waals surface area contributed by atoms with Crippen LogP contribution in [0, 0.1) is 0 Å². The van der Waals surface area contributed by atoms with Gasteiger partial charge in [-0.25, -0.2) is 23.9 Å². The molecule has 18 heteroatoms. The lowest BCUT2D eigenvalue weighted by Gasteiger charge is -2.18. The van der Waals surface area contributed by atoms with E-state index in [1.54, 1.807) is 20.8 Å². The second kappa shape index (κ2) is 13.2. The van der Waals surface area contributed by atoms with Crippen LogP contribution in [0.3, 0.4) is 0 Å². The highest BCUT2D eigenvalue weighted by atomic mass is 35.5. The highest BCUT2D eigenvalue weighted by molar-refractivity contribution is 6.30. The normalized spacial score (nSPS) is 12.6. The van der Waals surface area contributed by atoms with Crippen LogP contribution in [0.1, 0.15) is 47.6 Å². The Labute approximate surface area is 258 Å². The van der Waals surface area contributed by atoms with E-state index >= 15 is 0 Å². The number of carbonyl (C=O) groups excluding carboxylic acids is 2. The van der Waals surface area contributed by atoms with E-state index in [0.717, 1.165) is 9.36 Å². The van der Waals surface area contributed by atoms with Gasteiger partial charge in [-0.15, -0.1) is 10.2 Å². The predicted molar refractivity (Wildman–Crippen MR) is 154 cm³/mol. The fourth-order valence-electron chi connectivity index (χ4n) is 3.99. The summed E-state index contributed by atoms with van der Waals surface area (Å²) in [5.41, 5.74) is 4.44. The molecule has 0 saturated heterocycles. The van der Waals surface area contributed by atoms with Crippen LogP contribution in [0.25, 0.3) is 17.1 Å². The third kappa shape index (κ3) is 7.92. The van der Waals surface area contributed by atoms with Gasteiger partial charge >= 0.3 is 17.8 Å². The molecule has 1 aromatic carbocycles. The minimum absolute atomic E-state index is 0.00381. The van der Waals surface area contributed by atoms with Gasteiger partial charge in [-0.1, -0.05) is 11.6 Å². The number of nitrogens with one attached hydrogen (secondary N) is 1. The first-order valence-corrected chi connectivity index (χ1v) is 13.8. The highest BCUT2D eigenvalue weighted by Gasteiger charge is 2.39. The minimum atomic E-state index is -5.01. The smallest absolute Gasteiger partial charge is 0.416 e. The van der Waals surface area contributed by atoms with Gasteiger partial charge in [-0.3, -0.25) is 14.3 Å². The first-order chi connectivity index (χ1) is 21.1. The predicted octanol–water partition coefficient (Wildman–Crippen LogP) is 1.96. The van der Waals surface area contributed by atoms with Crippen LogP contribution < -0.4 is 16.7 Å². The van der Waals surface area contributed by atoms with Gasteiger partial charge in [0.15, 0.2) is 17.8 Å². The zero-order chi connectivity index (χ0) is 33.1. The molecule has 0 aliphatic heterocycles. The van der Waals surface area contributed by atoms with Gasteiger partial charge in [-0.2, -0.15) is 13.2 Å². The van der Waals surface area contributed by atoms with Crippen LogP contribution in [0.4, 0.5) is 13.2 Å². The molecular weight excluding hydrogens is 623 g/mol. The van der Waals surface area contributed by atoms with E-state index in [-0.39, 0.29) is 47.4 Å². The monoisotopic (exact) mass is 651 g/mol. The van der Waals surface area contributed by atoms with E-state index in [0.29, 0.717) is 9.59 Å². The summed E-state index contributed by atoms with van der Waals surface area (Å²) in [5, 5.41) is 21.2. The third-order valence-electron chi connectivity index (χ3n) is 6.13. The van der Waals surface area contributed by atoms with E-state index in [1.165, 1.54) is 42.7 Å². The number of aliphatic hydroxyl groups excluding tert-OH is 1. The Hall–Kier alpha value is -4.61. The van der Waals surface area contributed by atoms with Crippen molar-refractivity contribution < 1.29 is 32.6 Å². The van der Waals surface area contributed by atoms with Gasteiger partial charge in [-0.05, 0) is 51.1 Å². The van der Waals surface area contributed by atoms with Crippen LogP contribution in [0.2, 0.25) is 5.02 Å². The first-order valence-electron chi connectivity index (χ1n) is 13.4. The Kier molecular flexibility index (Phi) is 9.74. The lowest BCUT2D eigenvalue weighted by atomic mass is 10.1.